The van der Waals surface area contributed by atoms with Crippen molar-refractivity contribution >= 4 is 44.2 Å². The Balaban J connectivity index is 1.97. The van der Waals surface area contributed by atoms with Gasteiger partial charge in [-0.15, -0.1) is 0 Å². The zero-order chi connectivity index (χ0) is 12.3. The Morgan fingerprint density at radius 3 is 3.12 bits per heavy atom. The summed E-state index contributed by atoms with van der Waals surface area (Å²) >= 11 is 7.45. The second-order valence-corrected chi connectivity index (χ2v) is 5.09. The van der Waals surface area contributed by atoms with Crippen LogP contribution in [0.15, 0.2) is 18.2 Å². The van der Waals surface area contributed by atoms with Gasteiger partial charge in [-0.2, -0.15) is 0 Å². The molecule has 0 aliphatic rings. The van der Waals surface area contributed by atoms with Crippen LogP contribution >= 0.6 is 22.9 Å². The molecule has 2 rings (SSSR count). The molecule has 2 aromatic rings. The van der Waals surface area contributed by atoms with Crippen LogP contribution in [0.1, 0.15) is 12.8 Å². The zero-order valence-corrected chi connectivity index (χ0v) is 10.6. The molecule has 0 fully saturated rings. The Labute approximate surface area is 108 Å². The van der Waals surface area contributed by atoms with E-state index in [4.69, 9.17) is 17.3 Å². The molecular formula is C11H12ClN3OS. The van der Waals surface area contributed by atoms with Gasteiger partial charge in [-0.3, -0.25) is 4.79 Å². The number of carbonyl (C=O) groups excluding carboxylic acids is 1. The standard InChI is InChI=1S/C11H12ClN3OS/c12-7-3-4-9-8(6-7)15-11(17-9)14-5-1-2-10(13)16/h3-4,6H,1-2,5H2,(H2,13,16)(H,14,15). The van der Waals surface area contributed by atoms with E-state index in [1.807, 2.05) is 18.2 Å². The lowest BCUT2D eigenvalue weighted by Gasteiger charge is -1.99. The fourth-order valence-corrected chi connectivity index (χ4v) is 2.47. The first-order valence-electron chi connectivity index (χ1n) is 5.23. The summed E-state index contributed by atoms with van der Waals surface area (Å²) in [5, 5.41) is 4.69. The molecule has 0 aliphatic heterocycles. The number of rotatable bonds is 5. The van der Waals surface area contributed by atoms with Crippen LogP contribution in [0.3, 0.4) is 0 Å². The zero-order valence-electron chi connectivity index (χ0n) is 9.07. The van der Waals surface area contributed by atoms with Gasteiger partial charge in [-0.1, -0.05) is 22.9 Å². The van der Waals surface area contributed by atoms with Crippen LogP contribution in [0.25, 0.3) is 10.2 Å². The number of halogens is 1. The summed E-state index contributed by atoms with van der Waals surface area (Å²) < 4.78 is 1.09. The third kappa shape index (κ3) is 3.31. The molecule has 1 aromatic heterocycles. The summed E-state index contributed by atoms with van der Waals surface area (Å²) in [6.45, 7) is 0.691. The summed E-state index contributed by atoms with van der Waals surface area (Å²) in [6.07, 6.45) is 1.11. The Morgan fingerprint density at radius 2 is 2.35 bits per heavy atom. The molecular weight excluding hydrogens is 258 g/mol. The second-order valence-electron chi connectivity index (χ2n) is 3.63. The van der Waals surface area contributed by atoms with Crippen molar-refractivity contribution in [3.8, 4) is 0 Å². The van der Waals surface area contributed by atoms with Gasteiger partial charge in [0.2, 0.25) is 5.91 Å². The van der Waals surface area contributed by atoms with Crippen molar-refractivity contribution in [3.05, 3.63) is 23.2 Å². The van der Waals surface area contributed by atoms with Crippen LogP contribution in [0.5, 0.6) is 0 Å². The largest absolute Gasteiger partial charge is 0.370 e. The minimum Gasteiger partial charge on any atom is -0.370 e. The van der Waals surface area contributed by atoms with E-state index in [9.17, 15) is 4.79 Å². The molecule has 4 nitrogen and oxygen atoms in total. The van der Waals surface area contributed by atoms with Crippen LogP contribution in [0.2, 0.25) is 5.02 Å². The number of carbonyl (C=O) groups is 1. The topological polar surface area (TPSA) is 68.0 Å². The van der Waals surface area contributed by atoms with Crippen LogP contribution in [-0.4, -0.2) is 17.4 Å². The number of hydrogen-bond donors (Lipinski definition) is 2. The van der Waals surface area contributed by atoms with Crippen molar-refractivity contribution in [2.24, 2.45) is 5.73 Å². The Morgan fingerprint density at radius 1 is 1.53 bits per heavy atom. The lowest BCUT2D eigenvalue weighted by molar-refractivity contribution is -0.118. The molecule has 0 saturated heterocycles. The van der Waals surface area contributed by atoms with Crippen LogP contribution in [0, 0.1) is 0 Å². The highest BCUT2D eigenvalue weighted by molar-refractivity contribution is 7.22. The van der Waals surface area contributed by atoms with Crippen molar-refractivity contribution < 1.29 is 4.79 Å². The highest BCUT2D eigenvalue weighted by Gasteiger charge is 2.03. The molecule has 1 aromatic carbocycles. The number of thiazole rings is 1. The highest BCUT2D eigenvalue weighted by atomic mass is 35.5. The number of nitrogens with two attached hydrogens (primary N) is 1. The molecule has 0 spiro atoms. The predicted molar refractivity (Wildman–Crippen MR) is 71.5 cm³/mol. The van der Waals surface area contributed by atoms with Crippen molar-refractivity contribution in [3.63, 3.8) is 0 Å². The fourth-order valence-electron chi connectivity index (χ4n) is 1.43. The fraction of sp³-hybridized carbons (Fsp3) is 0.273. The van der Waals surface area contributed by atoms with Gasteiger partial charge in [0.1, 0.15) is 0 Å². The van der Waals surface area contributed by atoms with Gasteiger partial charge in [0.15, 0.2) is 5.13 Å². The maximum absolute atomic E-state index is 10.6. The van der Waals surface area contributed by atoms with Gasteiger partial charge in [-0.25, -0.2) is 4.98 Å². The van der Waals surface area contributed by atoms with E-state index >= 15 is 0 Å². The smallest absolute Gasteiger partial charge is 0.217 e. The lowest BCUT2D eigenvalue weighted by atomic mass is 10.3. The Kier molecular flexibility index (Phi) is 3.81. The monoisotopic (exact) mass is 269 g/mol. The van der Waals surface area contributed by atoms with E-state index in [1.165, 1.54) is 0 Å². The third-order valence-electron chi connectivity index (χ3n) is 2.23. The maximum Gasteiger partial charge on any atom is 0.217 e. The normalized spacial score (nSPS) is 10.6. The maximum atomic E-state index is 10.6. The number of aromatic nitrogens is 1. The van der Waals surface area contributed by atoms with Gasteiger partial charge >= 0.3 is 0 Å². The van der Waals surface area contributed by atoms with E-state index in [2.05, 4.69) is 10.3 Å². The number of benzene rings is 1. The number of hydrogen-bond acceptors (Lipinski definition) is 4. The number of primary amides is 1. The molecule has 90 valence electrons. The van der Waals surface area contributed by atoms with E-state index in [0.29, 0.717) is 24.4 Å². The first-order chi connectivity index (χ1) is 8.15. The summed E-state index contributed by atoms with van der Waals surface area (Å²) in [7, 11) is 0. The molecule has 0 unspecified atom stereocenters. The van der Waals surface area contributed by atoms with Gasteiger partial charge in [0, 0.05) is 18.0 Å². The molecule has 0 aliphatic carbocycles. The molecule has 17 heavy (non-hydrogen) atoms. The van der Waals surface area contributed by atoms with E-state index in [0.717, 1.165) is 15.3 Å². The van der Waals surface area contributed by atoms with Crippen LogP contribution < -0.4 is 11.1 Å². The molecule has 1 heterocycles. The Hall–Kier alpha value is -1.33. The number of anilines is 1. The van der Waals surface area contributed by atoms with Crippen molar-refractivity contribution in [2.45, 2.75) is 12.8 Å². The summed E-state index contributed by atoms with van der Waals surface area (Å²) in [5.74, 6) is -0.275. The molecule has 0 atom stereocenters. The quantitative estimate of drug-likeness (QED) is 0.820. The Bertz CT molecular complexity index is 540. The van der Waals surface area contributed by atoms with Crippen LogP contribution in [0.4, 0.5) is 5.13 Å². The molecule has 0 bridgehead atoms. The minimum atomic E-state index is -0.275. The minimum absolute atomic E-state index is 0.275. The third-order valence-corrected chi connectivity index (χ3v) is 3.45. The number of nitrogens with one attached hydrogen (secondary N) is 1. The molecule has 1 amide bonds. The van der Waals surface area contributed by atoms with Crippen molar-refractivity contribution in [1.82, 2.24) is 4.98 Å². The van der Waals surface area contributed by atoms with Gasteiger partial charge in [-0.05, 0) is 24.6 Å². The SMILES string of the molecule is NC(=O)CCCNc1nc2cc(Cl)ccc2s1. The predicted octanol–water partition coefficient (Wildman–Crippen LogP) is 2.63. The number of fused-ring (bicyclic) bond motifs is 1. The van der Waals surface area contributed by atoms with Crippen molar-refractivity contribution in [1.29, 1.82) is 0 Å². The van der Waals surface area contributed by atoms with Crippen LogP contribution in [-0.2, 0) is 4.79 Å². The number of nitrogens with zero attached hydrogens (tertiary/aromatic N) is 1. The van der Waals surface area contributed by atoms with E-state index in [-0.39, 0.29) is 5.91 Å². The summed E-state index contributed by atoms with van der Waals surface area (Å²) in [5.41, 5.74) is 5.94. The molecule has 0 saturated carbocycles. The van der Waals surface area contributed by atoms with Crippen molar-refractivity contribution in [2.75, 3.05) is 11.9 Å². The molecule has 6 heteroatoms. The first kappa shape index (κ1) is 12.1. The summed E-state index contributed by atoms with van der Waals surface area (Å²) in [4.78, 5) is 15.0. The average molecular weight is 270 g/mol. The van der Waals surface area contributed by atoms with Gasteiger partial charge < -0.3 is 11.1 Å². The second kappa shape index (κ2) is 5.33. The number of amides is 1. The average Bonchev–Trinajstić information content (AvgIpc) is 2.66. The van der Waals surface area contributed by atoms with Gasteiger partial charge in [0.25, 0.3) is 0 Å². The lowest BCUT2D eigenvalue weighted by Crippen LogP contribution is -2.12. The van der Waals surface area contributed by atoms with Gasteiger partial charge in [0.05, 0.1) is 10.2 Å². The molecule has 0 radical (unpaired) electrons. The first-order valence-corrected chi connectivity index (χ1v) is 6.43. The molecule has 3 N–H and O–H groups in total. The van der Waals surface area contributed by atoms with E-state index < -0.39 is 0 Å². The highest BCUT2D eigenvalue weighted by Crippen LogP contribution is 2.27. The van der Waals surface area contributed by atoms with E-state index in [1.54, 1.807) is 11.3 Å². The summed E-state index contributed by atoms with van der Waals surface area (Å²) in [6, 6.07) is 5.63.